The lowest BCUT2D eigenvalue weighted by Gasteiger charge is -2.25. The van der Waals surface area contributed by atoms with Crippen molar-refractivity contribution in [3.05, 3.63) is 72.3 Å². The highest BCUT2D eigenvalue weighted by atomic mass is 19.1. The molecule has 1 unspecified atom stereocenters. The highest BCUT2D eigenvalue weighted by Crippen LogP contribution is 2.39. The van der Waals surface area contributed by atoms with Crippen LogP contribution in [-0.2, 0) is 11.3 Å². The summed E-state index contributed by atoms with van der Waals surface area (Å²) in [5.74, 6) is 0.298. The zero-order valence-corrected chi connectivity index (χ0v) is 24.1. The molecule has 3 heterocycles. The number of hydrogen-bond acceptors (Lipinski definition) is 8. The average molecular weight is 581 g/mol. The van der Waals surface area contributed by atoms with Gasteiger partial charge in [-0.25, -0.2) is 19.0 Å². The van der Waals surface area contributed by atoms with Crippen LogP contribution in [0.15, 0.2) is 66.5 Å². The van der Waals surface area contributed by atoms with Gasteiger partial charge in [-0.15, -0.1) is 0 Å². The van der Waals surface area contributed by atoms with Gasteiger partial charge in [-0.05, 0) is 56.0 Å². The molecular weight excluding hydrogens is 547 g/mol. The number of aromatic nitrogens is 4. The number of para-hydroxylation sites is 1. The molecule has 6 rings (SSSR count). The van der Waals surface area contributed by atoms with Crippen LogP contribution in [0, 0.1) is 17.1 Å². The maximum absolute atomic E-state index is 15.5. The Bertz CT molecular complexity index is 1740. The number of carbonyl (C=O) groups is 1. The zero-order chi connectivity index (χ0) is 30.1. The first-order chi connectivity index (χ1) is 20.8. The summed E-state index contributed by atoms with van der Waals surface area (Å²) in [5, 5.41) is 18.6. The summed E-state index contributed by atoms with van der Waals surface area (Å²) in [6, 6.07) is 15.9. The van der Waals surface area contributed by atoms with Crippen LogP contribution < -0.4 is 15.8 Å². The van der Waals surface area contributed by atoms with E-state index in [0.717, 1.165) is 25.7 Å². The second kappa shape index (κ2) is 11.5. The minimum atomic E-state index is -0.534. The summed E-state index contributed by atoms with van der Waals surface area (Å²) in [5.41, 5.74) is 7.10. The third kappa shape index (κ3) is 5.79. The van der Waals surface area contributed by atoms with Gasteiger partial charge < -0.3 is 20.7 Å². The topological polar surface area (TPSA) is 135 Å². The molecule has 2 aliphatic rings. The van der Waals surface area contributed by atoms with E-state index in [2.05, 4.69) is 35.2 Å². The summed E-state index contributed by atoms with van der Waals surface area (Å²) in [7, 11) is 0. The van der Waals surface area contributed by atoms with Gasteiger partial charge in [-0.3, -0.25) is 4.79 Å². The van der Waals surface area contributed by atoms with Crippen LogP contribution >= 0.6 is 0 Å². The number of hydrogen-bond donors (Lipinski definition) is 2. The predicted octanol–water partition coefficient (Wildman–Crippen LogP) is 4.98. The number of rotatable bonds is 9. The van der Waals surface area contributed by atoms with E-state index in [1.54, 1.807) is 39.9 Å². The summed E-state index contributed by atoms with van der Waals surface area (Å²) in [6.07, 6.45) is 6.46. The maximum Gasteiger partial charge on any atom is 0.264 e. The molecule has 4 aromatic rings. The lowest BCUT2D eigenvalue weighted by atomic mass is 10.1. The minimum absolute atomic E-state index is 0.148. The molecular formula is C32H33FN8O2. The van der Waals surface area contributed by atoms with E-state index in [4.69, 9.17) is 15.6 Å². The van der Waals surface area contributed by atoms with Crippen LogP contribution in [0.1, 0.15) is 39.5 Å². The zero-order valence-electron chi connectivity index (χ0n) is 24.1. The van der Waals surface area contributed by atoms with Crippen LogP contribution in [0.4, 0.5) is 10.2 Å². The Morgan fingerprint density at radius 1 is 1.23 bits per heavy atom. The number of nitrogens with two attached hydrogens (primary N) is 1. The Labute approximate surface area is 249 Å². The molecule has 1 saturated carbocycles. The molecule has 2 fully saturated rings. The number of halogens is 1. The summed E-state index contributed by atoms with van der Waals surface area (Å²) in [4.78, 5) is 23.9. The first-order valence-corrected chi connectivity index (χ1v) is 14.5. The van der Waals surface area contributed by atoms with E-state index in [1.807, 2.05) is 18.2 Å². The van der Waals surface area contributed by atoms with Gasteiger partial charge in [-0.1, -0.05) is 32.0 Å². The van der Waals surface area contributed by atoms with Gasteiger partial charge in [0.25, 0.3) is 5.91 Å². The molecule has 10 nitrogen and oxygen atoms in total. The average Bonchev–Trinajstić information content (AvgIpc) is 3.39. The largest absolute Gasteiger partial charge is 0.457 e. The number of benzene rings is 2. The van der Waals surface area contributed by atoms with Gasteiger partial charge in [0.1, 0.15) is 46.8 Å². The molecule has 1 saturated heterocycles. The number of carbonyl (C=O) groups excluding carboxylic acids is 1. The molecule has 1 atom stereocenters. The van der Waals surface area contributed by atoms with Crippen LogP contribution in [0.2, 0.25) is 0 Å². The number of likely N-dealkylation sites (tertiary alicyclic amines) is 1. The predicted molar refractivity (Wildman–Crippen MR) is 160 cm³/mol. The van der Waals surface area contributed by atoms with Gasteiger partial charge in [-0.2, -0.15) is 10.4 Å². The van der Waals surface area contributed by atoms with Crippen LogP contribution in [0.5, 0.6) is 11.5 Å². The summed E-state index contributed by atoms with van der Waals surface area (Å²) < 4.78 is 23.0. The fourth-order valence-corrected chi connectivity index (χ4v) is 5.83. The van der Waals surface area contributed by atoms with Crippen molar-refractivity contribution in [2.75, 3.05) is 12.3 Å². The number of fused-ring (bicyclic) bond motifs is 1. The molecule has 0 radical (unpaired) electrons. The van der Waals surface area contributed by atoms with Crippen LogP contribution in [0.3, 0.4) is 0 Å². The second-order valence-electron chi connectivity index (χ2n) is 11.5. The third-order valence-electron chi connectivity index (χ3n) is 7.89. The van der Waals surface area contributed by atoms with Crippen molar-refractivity contribution in [3.63, 3.8) is 0 Å². The molecule has 1 amide bonds. The van der Waals surface area contributed by atoms with Crippen molar-refractivity contribution in [2.45, 2.75) is 63.7 Å². The molecule has 1 aliphatic carbocycles. The van der Waals surface area contributed by atoms with Crippen LogP contribution in [0.25, 0.3) is 22.3 Å². The normalized spacial score (nSPS) is 17.8. The second-order valence-corrected chi connectivity index (χ2v) is 11.5. The minimum Gasteiger partial charge on any atom is -0.457 e. The molecule has 0 spiro atoms. The van der Waals surface area contributed by atoms with Crippen molar-refractivity contribution in [2.24, 2.45) is 0 Å². The van der Waals surface area contributed by atoms with Crippen molar-refractivity contribution < 1.29 is 13.9 Å². The highest BCUT2D eigenvalue weighted by Gasteiger charge is 2.42. The van der Waals surface area contributed by atoms with E-state index in [1.165, 1.54) is 12.4 Å². The van der Waals surface area contributed by atoms with Crippen molar-refractivity contribution in [3.8, 4) is 28.8 Å². The molecule has 2 aromatic heterocycles. The first kappa shape index (κ1) is 28.3. The van der Waals surface area contributed by atoms with Crippen molar-refractivity contribution >= 4 is 22.8 Å². The third-order valence-corrected chi connectivity index (χ3v) is 7.89. The van der Waals surface area contributed by atoms with Gasteiger partial charge >= 0.3 is 0 Å². The standard InChI is InChI=1S/C32H33FN8O2/c1-20(2)38-32(12-13-32)16-21(17-34)31(42)40-14-6-7-22(40)18-41-30-27(29(35)36-19-37-30)28(39-41)25-11-10-24(15-26(25)33)43-23-8-4-3-5-9-23/h3-5,8-11,15-16,19-20,22,38H,6-7,12-14,18H2,1-2H3,(H2,35,36,37). The van der Waals surface area contributed by atoms with E-state index < -0.39 is 5.82 Å². The van der Waals surface area contributed by atoms with Gasteiger partial charge in [0.2, 0.25) is 0 Å². The number of nitrogen functional groups attached to an aromatic ring is 1. The number of nitrogens with zero attached hydrogens (tertiary/aromatic N) is 6. The molecule has 11 heteroatoms. The van der Waals surface area contributed by atoms with Gasteiger partial charge in [0.15, 0.2) is 5.65 Å². The van der Waals surface area contributed by atoms with Crippen LogP contribution in [-0.4, -0.2) is 54.7 Å². The Hall–Kier alpha value is -4.82. The first-order valence-electron chi connectivity index (χ1n) is 14.5. The van der Waals surface area contributed by atoms with E-state index in [9.17, 15) is 10.1 Å². The van der Waals surface area contributed by atoms with Gasteiger partial charge in [0, 0.05) is 29.8 Å². The van der Waals surface area contributed by atoms with E-state index in [-0.39, 0.29) is 40.5 Å². The molecule has 2 aromatic carbocycles. The number of nitriles is 1. The Balaban J connectivity index is 1.29. The number of anilines is 1. The molecule has 0 bridgehead atoms. The maximum atomic E-state index is 15.5. The fraction of sp³-hybridized carbons (Fsp3) is 0.344. The summed E-state index contributed by atoms with van der Waals surface area (Å²) in [6.45, 7) is 4.95. The Morgan fingerprint density at radius 3 is 2.72 bits per heavy atom. The lowest BCUT2D eigenvalue weighted by Crippen LogP contribution is -2.40. The highest BCUT2D eigenvalue weighted by molar-refractivity contribution is 5.99. The van der Waals surface area contributed by atoms with Crippen molar-refractivity contribution in [1.82, 2.24) is 30.0 Å². The number of nitrogens with one attached hydrogen (secondary N) is 1. The van der Waals surface area contributed by atoms with Crippen molar-refractivity contribution in [1.29, 1.82) is 5.26 Å². The van der Waals surface area contributed by atoms with E-state index in [0.29, 0.717) is 41.3 Å². The number of amides is 1. The molecule has 1 aliphatic heterocycles. The molecule has 43 heavy (non-hydrogen) atoms. The Kier molecular flexibility index (Phi) is 7.54. The summed E-state index contributed by atoms with van der Waals surface area (Å²) >= 11 is 0. The molecule has 3 N–H and O–H groups in total. The fourth-order valence-electron chi connectivity index (χ4n) is 5.83. The smallest absolute Gasteiger partial charge is 0.264 e. The Morgan fingerprint density at radius 2 is 2.02 bits per heavy atom. The SMILES string of the molecule is CC(C)NC1(C=C(C#N)C(=O)N2CCCC2Cn2nc(-c3ccc(Oc4ccccc4)cc3F)c3c(N)ncnc32)CC1. The monoisotopic (exact) mass is 580 g/mol. The lowest BCUT2D eigenvalue weighted by molar-refractivity contribution is -0.127. The quantitative estimate of drug-likeness (QED) is 0.209. The number of ether oxygens (including phenoxy) is 1. The van der Waals surface area contributed by atoms with E-state index >= 15 is 4.39 Å². The van der Waals surface area contributed by atoms with Gasteiger partial charge in [0.05, 0.1) is 18.0 Å². The molecule has 220 valence electrons.